The second-order valence-corrected chi connectivity index (χ2v) is 8.46. The van der Waals surface area contributed by atoms with Gasteiger partial charge in [0.1, 0.15) is 5.75 Å². The number of carbonyl (C=O) groups excluding carboxylic acids is 1. The fourth-order valence-electron chi connectivity index (χ4n) is 4.52. The average molecular weight is 394 g/mol. The fourth-order valence-corrected chi connectivity index (χ4v) is 4.52. The number of rotatable bonds is 8. The van der Waals surface area contributed by atoms with Crippen LogP contribution in [0.2, 0.25) is 0 Å². The number of phenols is 1. The summed E-state index contributed by atoms with van der Waals surface area (Å²) in [5, 5.41) is 13.8. The van der Waals surface area contributed by atoms with Crippen LogP contribution in [0, 0.1) is 0 Å². The van der Waals surface area contributed by atoms with Crippen LogP contribution in [0.1, 0.15) is 53.1 Å². The van der Waals surface area contributed by atoms with E-state index in [2.05, 4.69) is 40.5 Å². The molecule has 0 radical (unpaired) electrons. The van der Waals surface area contributed by atoms with Crippen molar-refractivity contribution in [2.24, 2.45) is 5.73 Å². The molecule has 2 aromatic rings. The first-order valence-electron chi connectivity index (χ1n) is 10.7. The van der Waals surface area contributed by atoms with Crippen molar-refractivity contribution in [2.45, 2.75) is 50.1 Å². The first kappa shape index (κ1) is 19.9. The molecule has 0 spiro atoms. The van der Waals surface area contributed by atoms with Gasteiger partial charge >= 0.3 is 0 Å². The molecule has 4 N–H and O–H groups in total. The van der Waals surface area contributed by atoms with Crippen molar-refractivity contribution >= 4 is 5.91 Å². The zero-order valence-corrected chi connectivity index (χ0v) is 16.9. The van der Waals surface area contributed by atoms with Gasteiger partial charge < -0.3 is 21.1 Å². The third kappa shape index (κ3) is 5.17. The van der Waals surface area contributed by atoms with Gasteiger partial charge in [0.15, 0.2) is 0 Å². The van der Waals surface area contributed by atoms with E-state index in [9.17, 15) is 9.90 Å². The lowest BCUT2D eigenvalue weighted by atomic mass is 10.0. The van der Waals surface area contributed by atoms with Crippen molar-refractivity contribution in [2.75, 3.05) is 19.6 Å². The summed E-state index contributed by atoms with van der Waals surface area (Å²) in [6.45, 7) is 3.36. The van der Waals surface area contributed by atoms with Gasteiger partial charge in [0.05, 0.1) is 5.56 Å². The Hall–Kier alpha value is -2.37. The predicted octanol–water partition coefficient (Wildman–Crippen LogP) is 3.03. The van der Waals surface area contributed by atoms with E-state index in [0.717, 1.165) is 38.0 Å². The summed E-state index contributed by atoms with van der Waals surface area (Å²) >= 11 is 0. The molecule has 1 aliphatic heterocycles. The van der Waals surface area contributed by atoms with Gasteiger partial charge in [0, 0.05) is 18.0 Å². The Kier molecular flexibility index (Phi) is 6.16. The number of likely N-dealkylation sites (tertiary alicyclic amines) is 1. The summed E-state index contributed by atoms with van der Waals surface area (Å²) in [5.74, 6) is 0.0918. The number of nitrogens with one attached hydrogen (secondary N) is 1. The Labute approximate surface area is 172 Å². The molecule has 4 rings (SSSR count). The topological polar surface area (TPSA) is 78.6 Å². The maximum atomic E-state index is 11.2. The van der Waals surface area contributed by atoms with E-state index >= 15 is 0 Å². The molecule has 2 aliphatic rings. The largest absolute Gasteiger partial charge is 0.507 e. The third-order valence-corrected chi connectivity index (χ3v) is 6.32. The van der Waals surface area contributed by atoms with Crippen LogP contribution in [0.3, 0.4) is 0 Å². The number of benzene rings is 2. The van der Waals surface area contributed by atoms with E-state index in [1.165, 1.54) is 24.8 Å². The van der Waals surface area contributed by atoms with Gasteiger partial charge in [-0.3, -0.25) is 4.79 Å². The van der Waals surface area contributed by atoms with E-state index in [-0.39, 0.29) is 11.3 Å². The van der Waals surface area contributed by atoms with Crippen molar-refractivity contribution in [1.82, 2.24) is 10.2 Å². The molecular weight excluding hydrogens is 362 g/mol. The lowest BCUT2D eigenvalue weighted by Crippen LogP contribution is -2.43. The molecular formula is C24H31N3O2. The van der Waals surface area contributed by atoms with Crippen LogP contribution in [-0.4, -0.2) is 47.6 Å². The first-order chi connectivity index (χ1) is 14.1. The summed E-state index contributed by atoms with van der Waals surface area (Å²) in [5.41, 5.74) is 7.94. The molecule has 2 atom stereocenters. The van der Waals surface area contributed by atoms with Crippen molar-refractivity contribution in [3.63, 3.8) is 0 Å². The van der Waals surface area contributed by atoms with Crippen molar-refractivity contribution < 1.29 is 9.90 Å². The molecule has 0 bridgehead atoms. The van der Waals surface area contributed by atoms with Gasteiger partial charge in [-0.05, 0) is 75.0 Å². The van der Waals surface area contributed by atoms with Crippen LogP contribution >= 0.6 is 0 Å². The van der Waals surface area contributed by atoms with Crippen LogP contribution in [-0.2, 0) is 6.42 Å². The summed E-state index contributed by atoms with van der Waals surface area (Å²) in [4.78, 5) is 13.7. The summed E-state index contributed by atoms with van der Waals surface area (Å²) in [7, 11) is 0. The van der Waals surface area contributed by atoms with E-state index in [4.69, 9.17) is 5.73 Å². The van der Waals surface area contributed by atoms with Gasteiger partial charge in [-0.25, -0.2) is 0 Å². The van der Waals surface area contributed by atoms with E-state index < -0.39 is 5.91 Å². The van der Waals surface area contributed by atoms with Crippen LogP contribution in [0.5, 0.6) is 5.75 Å². The quantitative estimate of drug-likeness (QED) is 0.644. The third-order valence-electron chi connectivity index (χ3n) is 6.32. The summed E-state index contributed by atoms with van der Waals surface area (Å²) < 4.78 is 0. The molecule has 0 aromatic heterocycles. The maximum absolute atomic E-state index is 11.2. The number of piperidine rings is 1. The molecule has 2 fully saturated rings. The zero-order valence-electron chi connectivity index (χ0n) is 16.9. The molecule has 1 aliphatic carbocycles. The molecule has 5 heteroatoms. The Morgan fingerprint density at radius 3 is 2.59 bits per heavy atom. The molecule has 2 unspecified atom stereocenters. The monoisotopic (exact) mass is 393 g/mol. The minimum atomic E-state index is -0.591. The van der Waals surface area contributed by atoms with Crippen molar-refractivity contribution in [1.29, 1.82) is 0 Å². The van der Waals surface area contributed by atoms with Crippen LogP contribution in [0.4, 0.5) is 0 Å². The molecule has 1 saturated carbocycles. The number of carbonyl (C=O) groups is 1. The highest BCUT2D eigenvalue weighted by Gasteiger charge is 2.39. The molecule has 154 valence electrons. The second kappa shape index (κ2) is 8.97. The standard InChI is InChI=1S/C24H31N3O2/c25-24(29)20-9-8-17(15-23(20)28)5-4-12-27-13-10-19(11-14-27)26-22-16-21(22)18-6-2-1-3-7-18/h1-3,6-9,15,19,21-22,26,28H,4-5,10-14,16H2,(H2,25,29). The first-order valence-corrected chi connectivity index (χ1v) is 10.7. The Morgan fingerprint density at radius 2 is 1.90 bits per heavy atom. The lowest BCUT2D eigenvalue weighted by Gasteiger charge is -2.32. The van der Waals surface area contributed by atoms with Crippen LogP contribution in [0.25, 0.3) is 0 Å². The van der Waals surface area contributed by atoms with E-state index in [1.54, 1.807) is 12.1 Å². The van der Waals surface area contributed by atoms with Gasteiger partial charge in [0.25, 0.3) is 5.91 Å². The number of primary amides is 1. The molecule has 2 aromatic carbocycles. The lowest BCUT2D eigenvalue weighted by molar-refractivity contribution is 0.0997. The van der Waals surface area contributed by atoms with E-state index in [1.807, 2.05) is 6.07 Å². The van der Waals surface area contributed by atoms with Crippen molar-refractivity contribution in [3.05, 3.63) is 65.2 Å². The fraction of sp³-hybridized carbons (Fsp3) is 0.458. The number of aromatic hydroxyl groups is 1. The van der Waals surface area contributed by atoms with Crippen LogP contribution < -0.4 is 11.1 Å². The Morgan fingerprint density at radius 1 is 1.14 bits per heavy atom. The summed E-state index contributed by atoms with van der Waals surface area (Å²) in [6, 6.07) is 17.3. The number of nitrogens with two attached hydrogens (primary N) is 1. The molecule has 1 saturated heterocycles. The number of amides is 1. The normalized spacial score (nSPS) is 22.5. The molecule has 1 amide bonds. The molecule has 5 nitrogen and oxygen atoms in total. The van der Waals surface area contributed by atoms with Gasteiger partial charge in [-0.15, -0.1) is 0 Å². The van der Waals surface area contributed by atoms with Crippen LogP contribution in [0.15, 0.2) is 48.5 Å². The van der Waals surface area contributed by atoms with E-state index in [0.29, 0.717) is 18.0 Å². The Balaban J connectivity index is 1.15. The minimum absolute atomic E-state index is 0.0178. The second-order valence-electron chi connectivity index (χ2n) is 8.46. The molecule has 29 heavy (non-hydrogen) atoms. The zero-order chi connectivity index (χ0) is 20.2. The highest BCUT2D eigenvalue weighted by atomic mass is 16.3. The average Bonchev–Trinajstić information content (AvgIpc) is 3.49. The molecule has 1 heterocycles. The number of hydrogen-bond acceptors (Lipinski definition) is 4. The predicted molar refractivity (Wildman–Crippen MR) is 115 cm³/mol. The number of hydrogen-bond donors (Lipinski definition) is 3. The number of aryl methyl sites for hydroxylation is 1. The summed E-state index contributed by atoms with van der Waals surface area (Å²) in [6.07, 6.45) is 5.64. The van der Waals surface area contributed by atoms with Crippen molar-refractivity contribution in [3.8, 4) is 5.75 Å². The highest BCUT2D eigenvalue weighted by molar-refractivity contribution is 5.95. The number of nitrogens with zero attached hydrogens (tertiary/aromatic N) is 1. The smallest absolute Gasteiger partial charge is 0.252 e. The maximum Gasteiger partial charge on any atom is 0.252 e. The SMILES string of the molecule is NC(=O)c1ccc(CCCN2CCC(NC3CC3c3ccccc3)CC2)cc1O. The Bertz CT molecular complexity index is 831. The van der Waals surface area contributed by atoms with Gasteiger partial charge in [-0.1, -0.05) is 36.4 Å². The minimum Gasteiger partial charge on any atom is -0.507 e. The van der Waals surface area contributed by atoms with Gasteiger partial charge in [-0.2, -0.15) is 0 Å². The highest BCUT2D eigenvalue weighted by Crippen LogP contribution is 2.41. The van der Waals surface area contributed by atoms with Gasteiger partial charge in [0.2, 0.25) is 0 Å².